The van der Waals surface area contributed by atoms with E-state index < -0.39 is 5.91 Å². The molecule has 0 unspecified atom stereocenters. The lowest BCUT2D eigenvalue weighted by Crippen LogP contribution is -2.13. The zero-order valence-corrected chi connectivity index (χ0v) is 14.7. The van der Waals surface area contributed by atoms with Crippen molar-refractivity contribution in [2.45, 2.75) is 0 Å². The van der Waals surface area contributed by atoms with Crippen molar-refractivity contribution in [3.05, 3.63) is 62.6 Å². The fraction of sp³-hybridized carbons (Fsp3) is 0.0588. The van der Waals surface area contributed by atoms with Crippen molar-refractivity contribution in [3.8, 4) is 11.8 Å². The van der Waals surface area contributed by atoms with Crippen LogP contribution in [0.2, 0.25) is 15.1 Å². The molecule has 122 valence electrons. The van der Waals surface area contributed by atoms with Crippen molar-refractivity contribution >= 4 is 52.5 Å². The van der Waals surface area contributed by atoms with Crippen molar-refractivity contribution in [2.24, 2.45) is 0 Å². The number of rotatable bonds is 4. The molecule has 2 aromatic rings. The van der Waals surface area contributed by atoms with Crippen LogP contribution in [0.4, 0.5) is 5.69 Å². The second-order valence-electron chi connectivity index (χ2n) is 4.64. The van der Waals surface area contributed by atoms with Gasteiger partial charge in [-0.3, -0.25) is 4.79 Å². The lowest BCUT2D eigenvalue weighted by Gasteiger charge is -2.07. The Balaban J connectivity index is 2.25. The number of amides is 1. The highest BCUT2D eigenvalue weighted by atomic mass is 35.5. The number of nitrogens with zero attached hydrogens (tertiary/aromatic N) is 1. The van der Waals surface area contributed by atoms with E-state index in [2.05, 4.69) is 5.32 Å². The van der Waals surface area contributed by atoms with Gasteiger partial charge in [0.2, 0.25) is 0 Å². The van der Waals surface area contributed by atoms with Crippen LogP contribution in [0.5, 0.6) is 5.75 Å². The fourth-order valence-electron chi connectivity index (χ4n) is 1.87. The van der Waals surface area contributed by atoms with Crippen molar-refractivity contribution in [2.75, 3.05) is 12.4 Å². The standard InChI is InChI=1S/C17H11Cl3N2O2/c1-24-16-5-2-10(7-14(16)20)6-11(9-21)17(23)22-15-4-3-12(18)8-13(15)19/h2-8H,1H3,(H,22,23)/b11-6+. The Morgan fingerprint density at radius 2 is 1.92 bits per heavy atom. The monoisotopic (exact) mass is 380 g/mol. The molecule has 0 aromatic heterocycles. The number of hydrogen-bond acceptors (Lipinski definition) is 3. The molecule has 0 atom stereocenters. The smallest absolute Gasteiger partial charge is 0.266 e. The molecule has 2 aromatic carbocycles. The maximum atomic E-state index is 12.2. The summed E-state index contributed by atoms with van der Waals surface area (Å²) in [4.78, 5) is 12.2. The van der Waals surface area contributed by atoms with E-state index in [9.17, 15) is 10.1 Å². The number of benzene rings is 2. The van der Waals surface area contributed by atoms with Crippen LogP contribution in [0.3, 0.4) is 0 Å². The summed E-state index contributed by atoms with van der Waals surface area (Å²) in [7, 11) is 1.50. The molecule has 24 heavy (non-hydrogen) atoms. The molecule has 0 aliphatic rings. The molecule has 7 heteroatoms. The SMILES string of the molecule is COc1ccc(/C=C(\C#N)C(=O)Nc2ccc(Cl)cc2Cl)cc1Cl. The van der Waals surface area contributed by atoms with Crippen LogP contribution in [0.25, 0.3) is 6.08 Å². The Morgan fingerprint density at radius 3 is 2.50 bits per heavy atom. The molecule has 1 amide bonds. The summed E-state index contributed by atoms with van der Waals surface area (Å²) in [6.45, 7) is 0. The number of carbonyl (C=O) groups excluding carboxylic acids is 1. The number of nitrogens with one attached hydrogen (secondary N) is 1. The van der Waals surface area contributed by atoms with E-state index in [1.807, 2.05) is 6.07 Å². The minimum absolute atomic E-state index is 0.0951. The van der Waals surface area contributed by atoms with Gasteiger partial charge in [0, 0.05) is 5.02 Å². The second kappa shape index (κ2) is 8.07. The molecule has 0 bridgehead atoms. The maximum Gasteiger partial charge on any atom is 0.266 e. The lowest BCUT2D eigenvalue weighted by molar-refractivity contribution is -0.112. The topological polar surface area (TPSA) is 62.1 Å². The van der Waals surface area contributed by atoms with E-state index in [0.29, 0.717) is 27.0 Å². The summed E-state index contributed by atoms with van der Waals surface area (Å²) in [5.41, 5.74) is 0.858. The first-order valence-electron chi connectivity index (χ1n) is 6.66. The number of anilines is 1. The van der Waals surface area contributed by atoms with Gasteiger partial charge in [-0.25, -0.2) is 0 Å². The highest BCUT2D eigenvalue weighted by Crippen LogP contribution is 2.27. The molecule has 0 radical (unpaired) electrons. The molecule has 0 spiro atoms. The molecular formula is C17H11Cl3N2O2. The predicted octanol–water partition coefficient (Wildman–Crippen LogP) is 5.20. The summed E-state index contributed by atoms with van der Waals surface area (Å²) < 4.78 is 5.06. The van der Waals surface area contributed by atoms with E-state index in [0.717, 1.165) is 0 Å². The molecule has 0 aliphatic heterocycles. The van der Waals surface area contributed by atoms with Crippen molar-refractivity contribution in [1.29, 1.82) is 5.26 Å². The first-order chi connectivity index (χ1) is 11.4. The third kappa shape index (κ3) is 4.42. The second-order valence-corrected chi connectivity index (χ2v) is 5.89. The number of ether oxygens (including phenoxy) is 1. The van der Waals surface area contributed by atoms with Crippen LogP contribution in [-0.4, -0.2) is 13.0 Å². The van der Waals surface area contributed by atoms with E-state index >= 15 is 0 Å². The summed E-state index contributed by atoms with van der Waals surface area (Å²) in [5, 5.41) is 12.9. The summed E-state index contributed by atoms with van der Waals surface area (Å²) >= 11 is 17.8. The predicted molar refractivity (Wildman–Crippen MR) is 96.7 cm³/mol. The van der Waals surface area contributed by atoms with Crippen LogP contribution in [0, 0.1) is 11.3 Å². The van der Waals surface area contributed by atoms with Gasteiger partial charge < -0.3 is 10.1 Å². The molecule has 0 saturated carbocycles. The first kappa shape index (κ1) is 18.2. The average molecular weight is 382 g/mol. The van der Waals surface area contributed by atoms with Crippen LogP contribution >= 0.6 is 34.8 Å². The minimum Gasteiger partial charge on any atom is -0.495 e. The molecule has 0 aliphatic carbocycles. The Labute approximate surface area is 154 Å². The molecular weight excluding hydrogens is 371 g/mol. The van der Waals surface area contributed by atoms with Gasteiger partial charge in [-0.15, -0.1) is 0 Å². The highest BCUT2D eigenvalue weighted by Gasteiger charge is 2.12. The van der Waals surface area contributed by atoms with Gasteiger partial charge in [0.05, 0.1) is 22.8 Å². The number of hydrogen-bond donors (Lipinski definition) is 1. The quantitative estimate of drug-likeness (QED) is 0.585. The van der Waals surface area contributed by atoms with Gasteiger partial charge in [0.1, 0.15) is 17.4 Å². The Kier molecular flexibility index (Phi) is 6.10. The van der Waals surface area contributed by atoms with Gasteiger partial charge in [0.25, 0.3) is 5.91 Å². The van der Waals surface area contributed by atoms with Crippen LogP contribution < -0.4 is 10.1 Å². The summed E-state index contributed by atoms with van der Waals surface area (Å²) in [6.07, 6.45) is 1.42. The number of halogens is 3. The molecule has 0 saturated heterocycles. The summed E-state index contributed by atoms with van der Waals surface area (Å²) in [6, 6.07) is 11.4. The van der Waals surface area contributed by atoms with Crippen LogP contribution in [0.15, 0.2) is 42.0 Å². The number of carbonyl (C=O) groups is 1. The van der Waals surface area contributed by atoms with Crippen LogP contribution in [0.1, 0.15) is 5.56 Å². The number of nitriles is 1. The van der Waals surface area contributed by atoms with E-state index in [-0.39, 0.29) is 10.6 Å². The van der Waals surface area contributed by atoms with Crippen molar-refractivity contribution in [1.82, 2.24) is 0 Å². The molecule has 1 N–H and O–H groups in total. The zero-order valence-electron chi connectivity index (χ0n) is 12.4. The van der Waals surface area contributed by atoms with Gasteiger partial charge in [0.15, 0.2) is 0 Å². The fourth-order valence-corrected chi connectivity index (χ4v) is 2.59. The normalized spacial score (nSPS) is 10.9. The van der Waals surface area contributed by atoms with Crippen molar-refractivity contribution in [3.63, 3.8) is 0 Å². The largest absolute Gasteiger partial charge is 0.495 e. The van der Waals surface area contributed by atoms with Gasteiger partial charge >= 0.3 is 0 Å². The maximum absolute atomic E-state index is 12.2. The van der Waals surface area contributed by atoms with Crippen LogP contribution in [-0.2, 0) is 4.79 Å². The minimum atomic E-state index is -0.589. The Morgan fingerprint density at radius 1 is 1.17 bits per heavy atom. The highest BCUT2D eigenvalue weighted by molar-refractivity contribution is 6.37. The molecule has 4 nitrogen and oxygen atoms in total. The Hall–Kier alpha value is -2.19. The van der Waals surface area contributed by atoms with Gasteiger partial charge in [-0.1, -0.05) is 40.9 Å². The van der Waals surface area contributed by atoms with E-state index in [1.165, 1.54) is 19.3 Å². The Bertz CT molecular complexity index is 857. The molecule has 0 heterocycles. The zero-order chi connectivity index (χ0) is 17.7. The van der Waals surface area contributed by atoms with Gasteiger partial charge in [-0.2, -0.15) is 5.26 Å². The molecule has 0 fully saturated rings. The number of methoxy groups -OCH3 is 1. The third-order valence-electron chi connectivity index (χ3n) is 3.03. The van der Waals surface area contributed by atoms with Gasteiger partial charge in [-0.05, 0) is 42.0 Å². The summed E-state index contributed by atoms with van der Waals surface area (Å²) in [5.74, 6) is -0.0848. The first-order valence-corrected chi connectivity index (χ1v) is 7.79. The third-order valence-corrected chi connectivity index (χ3v) is 3.87. The lowest BCUT2D eigenvalue weighted by atomic mass is 10.1. The molecule has 2 rings (SSSR count). The van der Waals surface area contributed by atoms with E-state index in [4.69, 9.17) is 39.5 Å². The average Bonchev–Trinajstić information content (AvgIpc) is 2.55. The van der Waals surface area contributed by atoms with Crippen molar-refractivity contribution < 1.29 is 9.53 Å². The van der Waals surface area contributed by atoms with E-state index in [1.54, 1.807) is 30.3 Å².